The quantitative estimate of drug-likeness (QED) is 0.385. The Kier molecular flexibility index (Phi) is 19.9. The molecule has 0 aliphatic heterocycles. The fraction of sp³-hybridized carbons (Fsp3) is 1.00. The average molecular weight is 183 g/mol. The fourth-order valence-corrected chi connectivity index (χ4v) is 0. The van der Waals surface area contributed by atoms with E-state index in [9.17, 15) is 0 Å². The van der Waals surface area contributed by atoms with Crippen LogP contribution in [0, 0.1) is 0 Å². The zero-order valence-corrected chi connectivity index (χ0v) is 7.48. The molecule has 4 heavy (non-hydrogen) atoms. The Morgan fingerprint density at radius 1 is 1.25 bits per heavy atom. The van der Waals surface area contributed by atoms with Crippen LogP contribution >= 0.6 is 9.90 Å². The van der Waals surface area contributed by atoms with Crippen LogP contribution in [0.2, 0.25) is 9.88 Å². The van der Waals surface area contributed by atoms with E-state index >= 15 is 0 Å². The molecule has 0 rings (SSSR count). The molecule has 1 atom stereocenters. The maximum atomic E-state index is 2.30. The molecule has 0 spiro atoms. The fourth-order valence-electron chi connectivity index (χ4n) is 0. The molecule has 0 aromatic carbocycles. The average Bonchev–Trinajstić information content (AvgIpc) is 0.918. The van der Waals surface area contributed by atoms with E-state index in [4.69, 9.17) is 0 Å². The maximum absolute atomic E-state index is 2.30. The van der Waals surface area contributed by atoms with E-state index in [-0.39, 0.29) is 31.0 Å². The summed E-state index contributed by atoms with van der Waals surface area (Å²) in [5.74, 6) is 0. The van der Waals surface area contributed by atoms with Crippen molar-refractivity contribution in [1.29, 1.82) is 0 Å². The minimum atomic E-state index is 0. The third kappa shape index (κ3) is 10.6. The van der Waals surface area contributed by atoms with Gasteiger partial charge in [-0.15, -0.1) is 0 Å². The first-order valence-corrected chi connectivity index (χ1v) is 6.71. The molecular weight excluding hydrogens is 174 g/mol. The van der Waals surface area contributed by atoms with E-state index in [2.05, 4.69) is 9.88 Å². The predicted molar refractivity (Wildman–Crippen MR) is 28.6 cm³/mol. The first-order valence-electron chi connectivity index (χ1n) is 1.00. The van der Waals surface area contributed by atoms with Crippen LogP contribution in [0.1, 0.15) is 0 Å². The molecule has 1 unspecified atom stereocenters. The first-order chi connectivity index (χ1) is 1.41. The van der Waals surface area contributed by atoms with Crippen LogP contribution in [-0.4, -0.2) is 21.1 Å². The van der Waals surface area contributed by atoms with E-state index in [1.54, 1.807) is 0 Å². The zero-order chi connectivity index (χ0) is 2.71. The van der Waals surface area contributed by atoms with E-state index in [0.29, 0.717) is 0 Å². The first kappa shape index (κ1) is 8.97. The van der Waals surface area contributed by atoms with Crippen molar-refractivity contribution in [3.05, 3.63) is 0 Å². The standard InChI is InChI=1S/2CH3.H3P.Sn/h3*1H3;. The van der Waals surface area contributed by atoms with E-state index in [0.717, 1.165) is 0 Å². The summed E-state index contributed by atoms with van der Waals surface area (Å²) in [5.41, 5.74) is 0. The Morgan fingerprint density at radius 2 is 1.25 bits per heavy atom. The normalized spacial score (nSPS) is 4.50. The summed E-state index contributed by atoms with van der Waals surface area (Å²) in [6.07, 6.45) is 0. The molecule has 0 N–H and O–H groups in total. The van der Waals surface area contributed by atoms with Gasteiger partial charge in [-0.1, -0.05) is 0 Å². The third-order valence-electron chi connectivity index (χ3n) is 0. The van der Waals surface area contributed by atoms with Gasteiger partial charge in [0, 0.05) is 0 Å². The number of hydrogen-bond donors (Lipinski definition) is 0. The number of hydrogen-bond acceptors (Lipinski definition) is 0. The Morgan fingerprint density at radius 3 is 1.25 bits per heavy atom. The van der Waals surface area contributed by atoms with E-state index in [1.165, 1.54) is 0 Å². The van der Waals surface area contributed by atoms with Crippen LogP contribution < -0.4 is 0 Å². The molecule has 2 radical (unpaired) electrons. The summed E-state index contributed by atoms with van der Waals surface area (Å²) in [7, 11) is 0. The molecule has 0 aromatic heterocycles. The van der Waals surface area contributed by atoms with Gasteiger partial charge in [-0.2, -0.15) is 9.90 Å². The summed E-state index contributed by atoms with van der Waals surface area (Å²) >= 11 is 0.230. The molecule has 0 bridgehead atoms. The van der Waals surface area contributed by atoms with Crippen molar-refractivity contribution in [2.45, 2.75) is 9.88 Å². The monoisotopic (exact) mass is 184 g/mol. The Labute approximate surface area is 41.2 Å². The zero-order valence-electron chi connectivity index (χ0n) is 3.21. The van der Waals surface area contributed by atoms with Crippen LogP contribution in [0.25, 0.3) is 0 Å². The van der Waals surface area contributed by atoms with Crippen LogP contribution in [0.3, 0.4) is 0 Å². The van der Waals surface area contributed by atoms with Crippen molar-refractivity contribution in [3.8, 4) is 0 Å². The van der Waals surface area contributed by atoms with Gasteiger partial charge in [-0.3, -0.25) is 0 Å². The molecule has 0 saturated heterocycles. The summed E-state index contributed by atoms with van der Waals surface area (Å²) < 4.78 is 0. The third-order valence-corrected chi connectivity index (χ3v) is 0. The van der Waals surface area contributed by atoms with E-state index < -0.39 is 0 Å². The van der Waals surface area contributed by atoms with Gasteiger partial charge in [0.1, 0.15) is 0 Å². The SMILES string of the molecule is P.[CH3][Sn][CH3]. The molecule has 0 heterocycles. The van der Waals surface area contributed by atoms with Crippen molar-refractivity contribution in [2.24, 2.45) is 0 Å². The van der Waals surface area contributed by atoms with Crippen LogP contribution in [-0.2, 0) is 0 Å². The van der Waals surface area contributed by atoms with Gasteiger partial charge in [0.15, 0.2) is 0 Å². The molecule has 26 valence electrons. The molecule has 0 amide bonds. The Bertz CT molecular complexity index is 6.00. The van der Waals surface area contributed by atoms with Gasteiger partial charge in [-0.25, -0.2) is 0 Å². The van der Waals surface area contributed by atoms with Gasteiger partial charge >= 0.3 is 31.0 Å². The minimum absolute atomic E-state index is 0. The van der Waals surface area contributed by atoms with E-state index in [1.807, 2.05) is 0 Å². The second-order valence-electron chi connectivity index (χ2n) is 0.500. The Balaban J connectivity index is 0. The summed E-state index contributed by atoms with van der Waals surface area (Å²) in [5, 5.41) is 0. The molecular formula is C2H9PSn. The van der Waals surface area contributed by atoms with Gasteiger partial charge in [-0.05, 0) is 0 Å². The van der Waals surface area contributed by atoms with Gasteiger partial charge in [0.05, 0.1) is 0 Å². The molecule has 0 aromatic rings. The molecule has 0 aliphatic rings. The van der Waals surface area contributed by atoms with Crippen molar-refractivity contribution in [2.75, 3.05) is 0 Å². The van der Waals surface area contributed by atoms with Crippen molar-refractivity contribution >= 4 is 31.0 Å². The molecule has 0 aliphatic carbocycles. The molecule has 0 saturated carbocycles. The number of rotatable bonds is 0. The Hall–Kier alpha value is 1.23. The van der Waals surface area contributed by atoms with Gasteiger partial charge in [0.25, 0.3) is 0 Å². The van der Waals surface area contributed by atoms with Crippen molar-refractivity contribution in [1.82, 2.24) is 0 Å². The molecule has 0 fully saturated rings. The van der Waals surface area contributed by atoms with Gasteiger partial charge < -0.3 is 0 Å². The molecule has 0 nitrogen and oxygen atoms in total. The van der Waals surface area contributed by atoms with Crippen LogP contribution in [0.15, 0.2) is 0 Å². The van der Waals surface area contributed by atoms with Gasteiger partial charge in [0.2, 0.25) is 0 Å². The van der Waals surface area contributed by atoms with Crippen molar-refractivity contribution < 1.29 is 0 Å². The van der Waals surface area contributed by atoms with Crippen LogP contribution in [0.5, 0.6) is 0 Å². The summed E-state index contributed by atoms with van der Waals surface area (Å²) in [4.78, 5) is 4.59. The topological polar surface area (TPSA) is 0 Å². The van der Waals surface area contributed by atoms with Crippen molar-refractivity contribution in [3.63, 3.8) is 0 Å². The van der Waals surface area contributed by atoms with Crippen LogP contribution in [0.4, 0.5) is 0 Å². The summed E-state index contributed by atoms with van der Waals surface area (Å²) in [6.45, 7) is 0. The second kappa shape index (κ2) is 8.87. The predicted octanol–water partition coefficient (Wildman–Crippen LogP) is 0.845. The second-order valence-corrected chi connectivity index (χ2v) is 3.35. The summed E-state index contributed by atoms with van der Waals surface area (Å²) in [6, 6.07) is 0. The molecule has 2 heteroatoms.